The fraction of sp³-hybridized carbons (Fsp3) is 0.292. The molecule has 1 heterocycles. The third kappa shape index (κ3) is 4.78. The molecule has 5 nitrogen and oxygen atoms in total. The van der Waals surface area contributed by atoms with Gasteiger partial charge in [0, 0.05) is 34.6 Å². The highest BCUT2D eigenvalue weighted by Crippen LogP contribution is 2.38. The fourth-order valence-corrected chi connectivity index (χ4v) is 3.65. The Bertz CT molecular complexity index is 1170. The molecular weight excluding hydrogens is 385 g/mol. The summed E-state index contributed by atoms with van der Waals surface area (Å²) in [5.74, 6) is -1.38. The lowest BCUT2D eigenvalue weighted by Crippen LogP contribution is -2.19. The van der Waals surface area contributed by atoms with E-state index in [0.29, 0.717) is 0 Å². The van der Waals surface area contributed by atoms with Gasteiger partial charge in [-0.2, -0.15) is 0 Å². The number of halogens is 1. The maximum absolute atomic E-state index is 13.6. The van der Waals surface area contributed by atoms with Crippen molar-refractivity contribution >= 4 is 22.9 Å². The predicted octanol–water partition coefficient (Wildman–Crippen LogP) is 4.63. The maximum atomic E-state index is 13.6. The number of carbonyl (C=O) groups is 1. The normalized spacial score (nSPS) is 16.7. The Balaban J connectivity index is 2.09. The van der Waals surface area contributed by atoms with Gasteiger partial charge in [-0.05, 0) is 43.7 Å². The molecule has 3 rings (SSSR count). The van der Waals surface area contributed by atoms with Crippen molar-refractivity contribution in [3.8, 4) is 11.1 Å². The second-order valence-electron chi connectivity index (χ2n) is 7.44. The van der Waals surface area contributed by atoms with Crippen molar-refractivity contribution in [2.24, 2.45) is 0 Å². The SMILES string of the molecule is [2H]OC(=O)C[C@]([2H])(C[C@@H](/C=C/c1c(-c2ccc(F)cc2)c2ccccc2n1C(C)C)O[2H])O[2H]. The molecule has 0 saturated carbocycles. The maximum Gasteiger partial charge on any atom is 0.305 e. The van der Waals surface area contributed by atoms with Crippen LogP contribution in [0.5, 0.6) is 0 Å². The zero-order chi connectivity index (χ0) is 24.9. The minimum Gasteiger partial charge on any atom is -0.481 e. The summed E-state index contributed by atoms with van der Waals surface area (Å²) < 4.78 is 45.2. The number of hydrogen-bond acceptors (Lipinski definition) is 4. The molecule has 0 saturated heterocycles. The molecule has 0 fully saturated rings. The second kappa shape index (κ2) is 9.24. The number of nitrogens with zero attached hydrogens (tertiary/aromatic N) is 1. The Morgan fingerprint density at radius 1 is 1.20 bits per heavy atom. The molecule has 3 aromatic rings. The Labute approximate surface area is 180 Å². The zero-order valence-corrected chi connectivity index (χ0v) is 16.8. The first-order valence-electron chi connectivity index (χ1n) is 11.4. The lowest BCUT2D eigenvalue weighted by Gasteiger charge is -2.15. The van der Waals surface area contributed by atoms with E-state index in [1.165, 1.54) is 12.1 Å². The van der Waals surface area contributed by atoms with Crippen molar-refractivity contribution in [1.29, 1.82) is 4.29 Å². The number of carboxylic acid groups (broad SMARTS) is 1. The number of aromatic nitrogens is 1. The predicted molar refractivity (Wildman–Crippen MR) is 116 cm³/mol. The Morgan fingerprint density at radius 2 is 1.97 bits per heavy atom. The lowest BCUT2D eigenvalue weighted by atomic mass is 10.0. The summed E-state index contributed by atoms with van der Waals surface area (Å²) in [5, 5.41) is 13.9. The molecule has 30 heavy (non-hydrogen) atoms. The number of rotatable bonds is 10. The number of para-hydroxylation sites is 1. The summed E-state index contributed by atoms with van der Waals surface area (Å²) in [5.41, 5.74) is 3.44. The third-order valence-corrected chi connectivity index (χ3v) is 4.84. The van der Waals surface area contributed by atoms with Crippen LogP contribution in [0.15, 0.2) is 54.6 Å². The average molecular weight is 415 g/mol. The van der Waals surface area contributed by atoms with Gasteiger partial charge in [0.1, 0.15) is 5.82 Å². The quantitative estimate of drug-likeness (QED) is 0.451. The van der Waals surface area contributed by atoms with Gasteiger partial charge in [-0.1, -0.05) is 36.4 Å². The molecule has 0 aliphatic rings. The Kier molecular flexibility index (Phi) is 5.17. The molecule has 0 spiro atoms. The molecule has 0 amide bonds. The fourth-order valence-electron chi connectivity index (χ4n) is 3.65. The number of benzene rings is 2. The van der Waals surface area contributed by atoms with E-state index in [1.54, 1.807) is 24.3 Å². The number of hydrogen-bond donors (Lipinski definition) is 3. The van der Waals surface area contributed by atoms with E-state index in [0.717, 1.165) is 27.7 Å². The van der Waals surface area contributed by atoms with Crippen molar-refractivity contribution in [3.63, 3.8) is 0 Å². The van der Waals surface area contributed by atoms with Gasteiger partial charge >= 0.3 is 5.97 Å². The van der Waals surface area contributed by atoms with Crippen LogP contribution in [0, 0.1) is 5.82 Å². The van der Waals surface area contributed by atoms with Gasteiger partial charge in [0.2, 0.25) is 2.86 Å². The van der Waals surface area contributed by atoms with Gasteiger partial charge < -0.3 is 19.9 Å². The van der Waals surface area contributed by atoms with Crippen LogP contribution in [-0.2, 0) is 4.79 Å². The van der Waals surface area contributed by atoms with Crippen molar-refractivity contribution in [2.45, 2.75) is 44.9 Å². The van der Waals surface area contributed by atoms with Gasteiger partial charge in [0.15, 0.2) is 0 Å². The van der Waals surface area contributed by atoms with Gasteiger partial charge in [-0.25, -0.2) is 4.39 Å². The van der Waals surface area contributed by atoms with Crippen molar-refractivity contribution in [3.05, 3.63) is 66.1 Å². The number of fused-ring (bicyclic) bond motifs is 1. The summed E-state index contributed by atoms with van der Waals surface area (Å²) >= 11 is 0. The van der Waals surface area contributed by atoms with Crippen molar-refractivity contribution in [1.82, 2.24) is 4.57 Å². The van der Waals surface area contributed by atoms with Crippen LogP contribution in [-0.4, -0.2) is 40.9 Å². The summed E-state index contributed by atoms with van der Waals surface area (Å²) in [6, 6.07) is 14.1. The van der Waals surface area contributed by atoms with Crippen LogP contribution in [0.2, 0.25) is 0 Å². The molecule has 0 aliphatic heterocycles. The molecule has 0 unspecified atom stereocenters. The molecule has 2 aromatic carbocycles. The highest BCUT2D eigenvalue weighted by Gasteiger charge is 2.19. The van der Waals surface area contributed by atoms with Crippen molar-refractivity contribution in [2.75, 3.05) is 0 Å². The number of aliphatic hydroxyl groups is 2. The zero-order valence-electron chi connectivity index (χ0n) is 20.8. The first-order chi connectivity index (χ1) is 16.2. The van der Waals surface area contributed by atoms with Crippen molar-refractivity contribution < 1.29 is 25.9 Å². The van der Waals surface area contributed by atoms with E-state index >= 15 is 0 Å². The van der Waals surface area contributed by atoms with Crippen LogP contribution in [0.25, 0.3) is 29.5 Å². The second-order valence-corrected chi connectivity index (χ2v) is 7.44. The van der Waals surface area contributed by atoms with E-state index in [1.807, 2.05) is 38.1 Å². The minimum atomic E-state index is -2.06. The first kappa shape index (κ1) is 16.8. The Hall–Kier alpha value is -2.96. The third-order valence-electron chi connectivity index (χ3n) is 4.84. The first-order valence-corrected chi connectivity index (χ1v) is 9.72. The summed E-state index contributed by atoms with van der Waals surface area (Å²) in [4.78, 5) is 11.5. The van der Waals surface area contributed by atoms with Gasteiger partial charge in [-0.3, -0.25) is 4.79 Å². The minimum absolute atomic E-state index is 0.0628. The molecule has 0 bridgehead atoms. The Morgan fingerprint density at radius 3 is 2.63 bits per heavy atom. The van der Waals surface area contributed by atoms with E-state index < -0.39 is 24.6 Å². The molecule has 0 aliphatic carbocycles. The topological polar surface area (TPSA) is 82.7 Å². The van der Waals surface area contributed by atoms with E-state index in [2.05, 4.69) is 14.8 Å². The van der Waals surface area contributed by atoms with Crippen LogP contribution >= 0.6 is 0 Å². The van der Waals surface area contributed by atoms with E-state index in [-0.39, 0.29) is 18.3 Å². The standard InChI is InChI=1S/C24H26FNO4/c1-15(2)26-21-6-4-3-5-20(21)24(16-7-9-17(25)10-8-16)22(26)12-11-18(27)13-19(28)14-23(29)30/h3-12,15,18-19,27-28H,13-14H2,1-2H3,(H,29,30)/b12-11+/t18-,19+/m1/s1/i19D,27D,28D/hD. The van der Waals surface area contributed by atoms with E-state index in [9.17, 15) is 9.18 Å². The summed E-state index contributed by atoms with van der Waals surface area (Å²) in [6.45, 7) is 4.07. The highest BCUT2D eigenvalue weighted by molar-refractivity contribution is 6.01. The molecule has 1 aromatic heterocycles. The molecule has 2 atom stereocenters. The van der Waals surface area contributed by atoms with Crippen LogP contribution in [0.4, 0.5) is 4.39 Å². The molecule has 158 valence electrons. The van der Waals surface area contributed by atoms with Crippen LogP contribution < -0.4 is 0 Å². The molecule has 0 radical (unpaired) electrons. The van der Waals surface area contributed by atoms with Crippen LogP contribution in [0.1, 0.15) is 39.8 Å². The largest absolute Gasteiger partial charge is 0.481 e. The van der Waals surface area contributed by atoms with Crippen LogP contribution in [0.3, 0.4) is 0 Å². The van der Waals surface area contributed by atoms with Gasteiger partial charge in [-0.15, -0.1) is 0 Å². The number of carboxylic acids is 1. The monoisotopic (exact) mass is 415 g/mol. The number of aliphatic hydroxyl groups excluding tert-OH is 1. The lowest BCUT2D eigenvalue weighted by molar-refractivity contribution is -0.139. The van der Waals surface area contributed by atoms with Gasteiger partial charge in [0.05, 0.1) is 20.0 Å². The molecular formula is C24H26FNO4. The highest BCUT2D eigenvalue weighted by atomic mass is 19.1. The van der Waals surface area contributed by atoms with E-state index in [4.69, 9.17) is 10.8 Å². The van der Waals surface area contributed by atoms with Gasteiger partial charge in [0.25, 0.3) is 1.43 Å². The summed E-state index contributed by atoms with van der Waals surface area (Å²) in [6.07, 6.45) is -0.730. The number of aliphatic carboxylic acids is 1. The smallest absolute Gasteiger partial charge is 0.305 e. The molecule has 6 heteroatoms. The molecule has 3 N–H and O–H groups in total. The average Bonchev–Trinajstić information content (AvgIpc) is 3.16. The summed E-state index contributed by atoms with van der Waals surface area (Å²) in [7, 11) is 0.